The van der Waals surface area contributed by atoms with Crippen LogP contribution < -0.4 is 8.61 Å². The van der Waals surface area contributed by atoms with Crippen LogP contribution in [-0.4, -0.2) is 19.9 Å². The standard InChI is InChI=1S/C20H15N5O5S/c21-20-19(14-9-11-16(12-10-14)24(26)27)22(17-7-4-8-18(13-17)25(28)29)31(30)23(20)15-5-2-1-3-6-15/h1-13,19,21H. The number of rotatable bonds is 5. The van der Waals surface area contributed by atoms with Crippen molar-refractivity contribution in [3.63, 3.8) is 0 Å². The maximum Gasteiger partial charge on any atom is 0.271 e. The molecule has 4 rings (SSSR count). The number of nitrogens with one attached hydrogen (secondary N) is 1. The van der Waals surface area contributed by atoms with Gasteiger partial charge in [-0.25, -0.2) is 8.51 Å². The lowest BCUT2D eigenvalue weighted by Crippen LogP contribution is -2.27. The topological polar surface area (TPSA) is 134 Å². The minimum Gasteiger partial charge on any atom is -0.285 e. The van der Waals surface area contributed by atoms with E-state index in [1.54, 1.807) is 36.4 Å². The molecule has 1 heterocycles. The van der Waals surface area contributed by atoms with Gasteiger partial charge in [0.15, 0.2) is 0 Å². The molecule has 2 atom stereocenters. The van der Waals surface area contributed by atoms with Crippen LogP contribution in [0.5, 0.6) is 0 Å². The Balaban J connectivity index is 1.85. The third kappa shape index (κ3) is 3.62. The van der Waals surface area contributed by atoms with Gasteiger partial charge >= 0.3 is 0 Å². The summed E-state index contributed by atoms with van der Waals surface area (Å²) in [5, 5.41) is 31.0. The molecular formula is C20H15N5O5S. The normalized spacial score (nSPS) is 18.3. The molecule has 10 nitrogen and oxygen atoms in total. The van der Waals surface area contributed by atoms with Gasteiger partial charge in [0.25, 0.3) is 11.4 Å². The van der Waals surface area contributed by atoms with Gasteiger partial charge in [0.05, 0.1) is 21.2 Å². The van der Waals surface area contributed by atoms with E-state index in [-0.39, 0.29) is 17.2 Å². The van der Waals surface area contributed by atoms with Crippen LogP contribution in [0.1, 0.15) is 11.6 Å². The number of anilines is 2. The smallest absolute Gasteiger partial charge is 0.271 e. The van der Waals surface area contributed by atoms with Crippen LogP contribution in [0, 0.1) is 25.6 Å². The molecule has 1 fully saturated rings. The van der Waals surface area contributed by atoms with E-state index in [0.29, 0.717) is 16.9 Å². The van der Waals surface area contributed by atoms with Crippen molar-refractivity contribution in [2.75, 3.05) is 8.61 Å². The summed E-state index contributed by atoms with van der Waals surface area (Å²) in [6.07, 6.45) is 0. The predicted molar refractivity (Wildman–Crippen MR) is 116 cm³/mol. The maximum absolute atomic E-state index is 13.5. The zero-order valence-electron chi connectivity index (χ0n) is 15.8. The van der Waals surface area contributed by atoms with E-state index in [4.69, 9.17) is 5.41 Å². The number of nitrogens with zero attached hydrogens (tertiary/aromatic N) is 4. The molecule has 156 valence electrons. The van der Waals surface area contributed by atoms with E-state index in [0.717, 1.165) is 0 Å². The third-order valence-corrected chi connectivity index (χ3v) is 6.22. The number of nitro groups is 2. The minimum absolute atomic E-state index is 0.0232. The first-order chi connectivity index (χ1) is 14.9. The van der Waals surface area contributed by atoms with Gasteiger partial charge in [-0.15, -0.1) is 0 Å². The molecule has 0 amide bonds. The molecule has 2 unspecified atom stereocenters. The molecule has 0 spiro atoms. The number of nitro benzene ring substituents is 2. The van der Waals surface area contributed by atoms with Gasteiger partial charge in [-0.05, 0) is 35.9 Å². The largest absolute Gasteiger partial charge is 0.285 e. The highest BCUT2D eigenvalue weighted by Crippen LogP contribution is 2.40. The lowest BCUT2D eigenvalue weighted by molar-refractivity contribution is -0.385. The highest BCUT2D eigenvalue weighted by Gasteiger charge is 2.44. The molecule has 0 saturated carbocycles. The fraction of sp³-hybridized carbons (Fsp3) is 0.0500. The van der Waals surface area contributed by atoms with Crippen molar-refractivity contribution < 1.29 is 14.1 Å². The Kier molecular flexibility index (Phi) is 5.17. The molecule has 31 heavy (non-hydrogen) atoms. The molecule has 3 aromatic rings. The van der Waals surface area contributed by atoms with Crippen molar-refractivity contribution in [3.8, 4) is 0 Å². The molecule has 0 bridgehead atoms. The number of para-hydroxylation sites is 1. The van der Waals surface area contributed by atoms with E-state index >= 15 is 0 Å². The van der Waals surface area contributed by atoms with Crippen molar-refractivity contribution >= 4 is 39.8 Å². The van der Waals surface area contributed by atoms with Crippen molar-refractivity contribution in [1.82, 2.24) is 0 Å². The van der Waals surface area contributed by atoms with Crippen LogP contribution in [0.3, 0.4) is 0 Å². The SMILES string of the molecule is N=C1C(c2ccc([N+](=O)[O-])cc2)N(c2cccc([N+](=O)[O-])c2)S(=O)N1c1ccccc1. The monoisotopic (exact) mass is 437 g/mol. The third-order valence-electron chi connectivity index (χ3n) is 4.74. The van der Waals surface area contributed by atoms with Gasteiger partial charge in [0, 0.05) is 24.3 Å². The summed E-state index contributed by atoms with van der Waals surface area (Å²) < 4.78 is 16.2. The minimum atomic E-state index is -1.91. The fourth-order valence-corrected chi connectivity index (χ4v) is 4.77. The first-order valence-electron chi connectivity index (χ1n) is 9.02. The van der Waals surface area contributed by atoms with Crippen LogP contribution in [0.4, 0.5) is 22.7 Å². The molecular weight excluding hydrogens is 422 g/mol. The van der Waals surface area contributed by atoms with E-state index < -0.39 is 27.1 Å². The first-order valence-corrected chi connectivity index (χ1v) is 10.1. The number of hydrogen-bond acceptors (Lipinski definition) is 6. The summed E-state index contributed by atoms with van der Waals surface area (Å²) in [6, 6.07) is 19.1. The first kappa shape index (κ1) is 20.2. The lowest BCUT2D eigenvalue weighted by atomic mass is 10.0. The summed E-state index contributed by atoms with van der Waals surface area (Å²) in [5.41, 5.74) is 1.01. The zero-order chi connectivity index (χ0) is 22.1. The number of hydrogen-bond donors (Lipinski definition) is 1. The average Bonchev–Trinajstić information content (AvgIpc) is 3.04. The highest BCUT2D eigenvalue weighted by molar-refractivity contribution is 7.89. The van der Waals surface area contributed by atoms with Gasteiger partial charge in [-0.3, -0.25) is 29.9 Å². The van der Waals surface area contributed by atoms with Crippen LogP contribution in [0.15, 0.2) is 78.9 Å². The molecule has 1 saturated heterocycles. The summed E-state index contributed by atoms with van der Waals surface area (Å²) in [5.74, 6) is -0.0232. The van der Waals surface area contributed by atoms with E-state index in [1.165, 1.54) is 51.1 Å². The Hall–Kier alpha value is -4.12. The van der Waals surface area contributed by atoms with Crippen molar-refractivity contribution in [1.29, 1.82) is 5.41 Å². The Morgan fingerprint density at radius 3 is 2.03 bits per heavy atom. The summed E-state index contributed by atoms with van der Waals surface area (Å²) >= 11 is -1.91. The molecule has 0 radical (unpaired) electrons. The Morgan fingerprint density at radius 1 is 0.806 bits per heavy atom. The molecule has 1 aliphatic heterocycles. The van der Waals surface area contributed by atoms with E-state index in [2.05, 4.69) is 0 Å². The lowest BCUT2D eigenvalue weighted by Gasteiger charge is -2.22. The summed E-state index contributed by atoms with van der Waals surface area (Å²) in [6.45, 7) is 0. The predicted octanol–water partition coefficient (Wildman–Crippen LogP) is 4.13. The maximum atomic E-state index is 13.5. The van der Waals surface area contributed by atoms with E-state index in [1.807, 2.05) is 0 Å². The van der Waals surface area contributed by atoms with Crippen LogP contribution in [0.2, 0.25) is 0 Å². The molecule has 0 aromatic heterocycles. The fourth-order valence-electron chi connectivity index (χ4n) is 3.33. The van der Waals surface area contributed by atoms with Gasteiger partial charge in [-0.2, -0.15) is 0 Å². The Bertz CT molecular complexity index is 1200. The molecule has 3 aromatic carbocycles. The summed E-state index contributed by atoms with van der Waals surface area (Å²) in [7, 11) is 0. The van der Waals surface area contributed by atoms with Gasteiger partial charge in [0.2, 0.25) is 11.2 Å². The van der Waals surface area contributed by atoms with Gasteiger partial charge in [0.1, 0.15) is 11.9 Å². The van der Waals surface area contributed by atoms with Gasteiger partial charge in [-0.1, -0.05) is 24.3 Å². The Morgan fingerprint density at radius 2 is 1.42 bits per heavy atom. The van der Waals surface area contributed by atoms with Gasteiger partial charge < -0.3 is 0 Å². The molecule has 11 heteroatoms. The van der Waals surface area contributed by atoms with Crippen molar-refractivity contribution in [3.05, 3.63) is 105 Å². The van der Waals surface area contributed by atoms with Crippen molar-refractivity contribution in [2.24, 2.45) is 0 Å². The second-order valence-electron chi connectivity index (χ2n) is 6.60. The highest BCUT2D eigenvalue weighted by atomic mass is 32.2. The zero-order valence-corrected chi connectivity index (χ0v) is 16.6. The van der Waals surface area contributed by atoms with E-state index in [9.17, 15) is 24.4 Å². The van der Waals surface area contributed by atoms with Crippen LogP contribution in [0.25, 0.3) is 0 Å². The number of amidine groups is 1. The van der Waals surface area contributed by atoms with Crippen LogP contribution >= 0.6 is 0 Å². The second-order valence-corrected chi connectivity index (χ2v) is 7.82. The van der Waals surface area contributed by atoms with Crippen molar-refractivity contribution in [2.45, 2.75) is 6.04 Å². The quantitative estimate of drug-likeness (QED) is 0.473. The molecule has 0 aliphatic carbocycles. The molecule has 1 N–H and O–H groups in total. The Labute approximate surface area is 178 Å². The van der Waals surface area contributed by atoms with Crippen LogP contribution in [-0.2, 0) is 11.2 Å². The molecule has 1 aliphatic rings. The number of benzene rings is 3. The summed E-state index contributed by atoms with van der Waals surface area (Å²) in [4.78, 5) is 21.2. The average molecular weight is 437 g/mol. The second kappa shape index (κ2) is 7.95. The number of non-ortho nitro benzene ring substituents is 2.